The van der Waals surface area contributed by atoms with E-state index in [1.165, 1.54) is 0 Å². The zero-order valence-electron chi connectivity index (χ0n) is 10.4. The number of amides is 2. The fourth-order valence-corrected chi connectivity index (χ4v) is 2.00. The molecule has 0 spiro atoms. The van der Waals surface area contributed by atoms with Crippen LogP contribution in [0.1, 0.15) is 19.8 Å². The smallest absolute Gasteiger partial charge is 0.328 e. The lowest BCUT2D eigenvalue weighted by atomic mass is 10.00. The molecule has 2 unspecified atom stereocenters. The predicted molar refractivity (Wildman–Crippen MR) is 63.2 cm³/mol. The van der Waals surface area contributed by atoms with Crippen molar-refractivity contribution >= 4 is 12.0 Å². The van der Waals surface area contributed by atoms with Crippen LogP contribution >= 0.6 is 0 Å². The number of carboxylic acid groups (broad SMARTS) is 1. The van der Waals surface area contributed by atoms with Crippen molar-refractivity contribution in [3.8, 4) is 0 Å². The van der Waals surface area contributed by atoms with E-state index in [0.717, 1.165) is 12.8 Å². The van der Waals surface area contributed by atoms with E-state index in [2.05, 4.69) is 10.6 Å². The molecule has 1 aliphatic rings. The summed E-state index contributed by atoms with van der Waals surface area (Å²) in [4.78, 5) is 22.0. The number of carbonyl (C=O) groups is 2. The number of aliphatic hydroxyl groups is 1. The Morgan fingerprint density at radius 3 is 2.78 bits per heavy atom. The summed E-state index contributed by atoms with van der Waals surface area (Å²) < 4.78 is 5.48. The maximum Gasteiger partial charge on any atom is 0.328 e. The lowest BCUT2D eigenvalue weighted by Gasteiger charge is -2.18. The third kappa shape index (κ3) is 4.15. The van der Waals surface area contributed by atoms with Gasteiger partial charge in [0.15, 0.2) is 6.04 Å². The molecule has 0 radical (unpaired) electrons. The maximum atomic E-state index is 11.4. The Bertz CT molecular complexity index is 297. The Hall–Kier alpha value is -1.34. The molecule has 7 heteroatoms. The Morgan fingerprint density at radius 2 is 2.22 bits per heavy atom. The van der Waals surface area contributed by atoms with E-state index in [1.807, 2.05) is 6.92 Å². The lowest BCUT2D eigenvalue weighted by Crippen LogP contribution is -2.49. The average molecular weight is 260 g/mol. The van der Waals surface area contributed by atoms with E-state index in [-0.39, 0.29) is 12.0 Å². The molecule has 0 bridgehead atoms. The first-order valence-electron chi connectivity index (χ1n) is 6.08. The van der Waals surface area contributed by atoms with Gasteiger partial charge in [0.05, 0.1) is 12.7 Å². The van der Waals surface area contributed by atoms with Crippen molar-refractivity contribution in [1.29, 1.82) is 0 Å². The second-order valence-corrected chi connectivity index (χ2v) is 4.29. The molecule has 3 atom stereocenters. The van der Waals surface area contributed by atoms with Crippen LogP contribution in [-0.2, 0) is 9.53 Å². The van der Waals surface area contributed by atoms with Crippen LogP contribution < -0.4 is 10.6 Å². The number of urea groups is 1. The summed E-state index contributed by atoms with van der Waals surface area (Å²) in [6.45, 7) is 2.53. The van der Waals surface area contributed by atoms with Gasteiger partial charge >= 0.3 is 12.0 Å². The van der Waals surface area contributed by atoms with Crippen molar-refractivity contribution in [2.75, 3.05) is 19.8 Å². The van der Waals surface area contributed by atoms with Crippen molar-refractivity contribution in [2.24, 2.45) is 5.92 Å². The van der Waals surface area contributed by atoms with Crippen LogP contribution in [0.15, 0.2) is 0 Å². The predicted octanol–water partition coefficient (Wildman–Crippen LogP) is -0.454. The number of carbonyl (C=O) groups excluding carboxylic acids is 1. The summed E-state index contributed by atoms with van der Waals surface area (Å²) in [6, 6.07) is -1.86. The van der Waals surface area contributed by atoms with Crippen LogP contribution in [0, 0.1) is 5.92 Å². The molecule has 18 heavy (non-hydrogen) atoms. The Morgan fingerprint density at radius 1 is 1.50 bits per heavy atom. The molecule has 0 aromatic rings. The molecule has 1 heterocycles. The van der Waals surface area contributed by atoms with E-state index in [9.17, 15) is 9.59 Å². The first kappa shape index (κ1) is 14.7. The normalized spacial score (nSPS) is 24.6. The molecule has 2 amide bonds. The number of nitrogens with one attached hydrogen (secondary N) is 2. The highest BCUT2D eigenvalue weighted by atomic mass is 16.5. The summed E-state index contributed by atoms with van der Waals surface area (Å²) in [6.07, 6.45) is 1.93. The number of ether oxygens (including phenoxy) is 1. The van der Waals surface area contributed by atoms with Crippen molar-refractivity contribution in [3.05, 3.63) is 0 Å². The first-order valence-corrected chi connectivity index (χ1v) is 6.08. The minimum atomic E-state index is -1.27. The summed E-state index contributed by atoms with van der Waals surface area (Å²) in [7, 11) is 0. The summed E-state index contributed by atoms with van der Waals surface area (Å²) >= 11 is 0. The number of aliphatic carboxylic acids is 1. The van der Waals surface area contributed by atoms with Gasteiger partial charge in [-0.05, 0) is 12.8 Å². The molecule has 4 N–H and O–H groups in total. The fourth-order valence-electron chi connectivity index (χ4n) is 2.00. The Labute approximate surface area is 106 Å². The number of aliphatic hydroxyl groups excluding tert-OH is 1. The van der Waals surface area contributed by atoms with Gasteiger partial charge in [-0.25, -0.2) is 9.59 Å². The summed E-state index contributed by atoms with van der Waals surface area (Å²) in [5.74, 6) is -0.999. The molecule has 7 nitrogen and oxygen atoms in total. The SMILES string of the molecule is CCC1OCCC1CNC(=O)N[C@H](CO)C(=O)O. The minimum Gasteiger partial charge on any atom is -0.480 e. The molecule has 0 saturated carbocycles. The van der Waals surface area contributed by atoms with Gasteiger partial charge in [-0.3, -0.25) is 0 Å². The van der Waals surface area contributed by atoms with Crippen LogP contribution in [0.5, 0.6) is 0 Å². The highest BCUT2D eigenvalue weighted by Gasteiger charge is 2.27. The number of hydrogen-bond acceptors (Lipinski definition) is 4. The maximum absolute atomic E-state index is 11.4. The van der Waals surface area contributed by atoms with Gasteiger partial charge in [-0.15, -0.1) is 0 Å². The third-order valence-electron chi connectivity index (χ3n) is 3.06. The van der Waals surface area contributed by atoms with E-state index < -0.39 is 24.6 Å². The molecule has 104 valence electrons. The van der Waals surface area contributed by atoms with Gasteiger partial charge in [0.25, 0.3) is 0 Å². The molecule has 1 rings (SSSR count). The molecule has 0 aliphatic carbocycles. The molecule has 0 aromatic carbocycles. The largest absolute Gasteiger partial charge is 0.480 e. The van der Waals surface area contributed by atoms with Crippen LogP contribution in [0.3, 0.4) is 0 Å². The summed E-state index contributed by atoms with van der Waals surface area (Å²) in [5.41, 5.74) is 0. The highest BCUT2D eigenvalue weighted by molar-refractivity contribution is 5.82. The summed E-state index contributed by atoms with van der Waals surface area (Å²) in [5, 5.41) is 22.2. The fraction of sp³-hybridized carbons (Fsp3) is 0.818. The van der Waals surface area contributed by atoms with Crippen LogP contribution in [-0.4, -0.2) is 54.1 Å². The van der Waals surface area contributed by atoms with Gasteiger partial charge in [0, 0.05) is 19.1 Å². The van der Waals surface area contributed by atoms with Crippen molar-refractivity contribution in [2.45, 2.75) is 31.9 Å². The van der Waals surface area contributed by atoms with E-state index in [4.69, 9.17) is 14.9 Å². The monoisotopic (exact) mass is 260 g/mol. The van der Waals surface area contributed by atoms with Gasteiger partial charge < -0.3 is 25.6 Å². The van der Waals surface area contributed by atoms with Crippen molar-refractivity contribution in [3.63, 3.8) is 0 Å². The Kier molecular flexibility index (Phi) is 5.87. The second kappa shape index (κ2) is 7.17. The van der Waals surface area contributed by atoms with Gasteiger partial charge in [-0.1, -0.05) is 6.92 Å². The van der Waals surface area contributed by atoms with E-state index in [1.54, 1.807) is 0 Å². The number of rotatable bonds is 6. The van der Waals surface area contributed by atoms with Gasteiger partial charge in [-0.2, -0.15) is 0 Å². The van der Waals surface area contributed by atoms with Crippen LogP contribution in [0.25, 0.3) is 0 Å². The highest BCUT2D eigenvalue weighted by Crippen LogP contribution is 2.22. The first-order chi connectivity index (χ1) is 8.58. The standard InChI is InChI=1S/C11H20N2O5/c1-2-9-7(3-4-18-9)5-12-11(17)13-8(6-14)10(15)16/h7-9,14H,2-6H2,1H3,(H,15,16)(H2,12,13,17)/t7?,8-,9?/m1/s1. The zero-order valence-corrected chi connectivity index (χ0v) is 10.4. The molecule has 1 aliphatic heterocycles. The van der Waals surface area contributed by atoms with Crippen molar-refractivity contribution in [1.82, 2.24) is 10.6 Å². The van der Waals surface area contributed by atoms with Gasteiger partial charge in [0.2, 0.25) is 0 Å². The van der Waals surface area contributed by atoms with E-state index in [0.29, 0.717) is 13.2 Å². The molecular weight excluding hydrogens is 240 g/mol. The van der Waals surface area contributed by atoms with Crippen molar-refractivity contribution < 1.29 is 24.5 Å². The van der Waals surface area contributed by atoms with E-state index >= 15 is 0 Å². The third-order valence-corrected chi connectivity index (χ3v) is 3.06. The quantitative estimate of drug-likeness (QED) is 0.517. The molecule has 1 saturated heterocycles. The minimum absolute atomic E-state index is 0.151. The average Bonchev–Trinajstić information content (AvgIpc) is 2.80. The molecule has 0 aromatic heterocycles. The number of carboxylic acids is 1. The Balaban J connectivity index is 2.30. The molecular formula is C11H20N2O5. The zero-order chi connectivity index (χ0) is 13.5. The lowest BCUT2D eigenvalue weighted by molar-refractivity contribution is -0.140. The topological polar surface area (TPSA) is 108 Å². The number of hydrogen-bond donors (Lipinski definition) is 4. The van der Waals surface area contributed by atoms with Crippen LogP contribution in [0.2, 0.25) is 0 Å². The molecule has 1 fully saturated rings. The van der Waals surface area contributed by atoms with Crippen LogP contribution in [0.4, 0.5) is 4.79 Å². The second-order valence-electron chi connectivity index (χ2n) is 4.29. The van der Waals surface area contributed by atoms with Gasteiger partial charge in [0.1, 0.15) is 0 Å².